The van der Waals surface area contributed by atoms with E-state index in [4.69, 9.17) is 9.47 Å². The molecule has 0 radical (unpaired) electrons. The molecule has 128 valence electrons. The molecule has 2 amide bonds. The van der Waals surface area contributed by atoms with Crippen LogP contribution in [0.1, 0.15) is 12.5 Å². The molecule has 1 fully saturated rings. The predicted octanol–water partition coefficient (Wildman–Crippen LogP) is 2.30. The lowest BCUT2D eigenvalue weighted by Crippen LogP contribution is -2.42. The number of carbonyl (C=O) groups is 3. The van der Waals surface area contributed by atoms with Crippen LogP contribution in [0.25, 0.3) is 6.08 Å². The molecule has 0 bridgehead atoms. The van der Waals surface area contributed by atoms with Gasteiger partial charge in [0.1, 0.15) is 17.5 Å². The van der Waals surface area contributed by atoms with Crippen LogP contribution in [0.15, 0.2) is 23.1 Å². The first-order valence-electron chi connectivity index (χ1n) is 6.99. The smallest absolute Gasteiger partial charge is 0.328 e. The molecule has 0 aliphatic carbocycles. The summed E-state index contributed by atoms with van der Waals surface area (Å²) in [5.41, 5.74) is 0.591. The first-order chi connectivity index (χ1) is 11.4. The highest BCUT2D eigenvalue weighted by molar-refractivity contribution is 8.18. The number of esters is 1. The second-order valence-electron chi connectivity index (χ2n) is 4.86. The van der Waals surface area contributed by atoms with E-state index in [9.17, 15) is 14.4 Å². The monoisotopic (exact) mass is 351 g/mol. The number of amides is 2. The summed E-state index contributed by atoms with van der Waals surface area (Å²) in [6.45, 7) is 1.44. The Morgan fingerprint density at radius 1 is 1.21 bits per heavy atom. The summed E-state index contributed by atoms with van der Waals surface area (Å²) in [5, 5.41) is -0.522. The van der Waals surface area contributed by atoms with Crippen LogP contribution in [0.5, 0.6) is 11.5 Å². The molecule has 1 aliphatic rings. The van der Waals surface area contributed by atoms with Crippen LogP contribution in [0.4, 0.5) is 4.79 Å². The van der Waals surface area contributed by atoms with E-state index in [0.717, 1.165) is 16.7 Å². The minimum Gasteiger partial charge on any atom is -0.497 e. The van der Waals surface area contributed by atoms with Crippen LogP contribution in [-0.4, -0.2) is 49.4 Å². The van der Waals surface area contributed by atoms with Crippen LogP contribution in [0.2, 0.25) is 0 Å². The van der Waals surface area contributed by atoms with E-state index in [-0.39, 0.29) is 4.91 Å². The fraction of sp³-hybridized carbons (Fsp3) is 0.312. The first-order valence-corrected chi connectivity index (χ1v) is 7.81. The molecule has 0 N–H and O–H groups in total. The molecule has 0 aromatic heterocycles. The average molecular weight is 351 g/mol. The maximum atomic E-state index is 12.5. The number of benzene rings is 1. The van der Waals surface area contributed by atoms with Gasteiger partial charge in [-0.15, -0.1) is 0 Å². The standard InChI is InChI=1S/C16H17NO6S/c1-9(15(19)23-4)17-14(18)13(24-16(17)20)8-10-7-11(21-2)5-6-12(10)22-3/h5-9H,1-4H3/b13-8+/t9-/m1/s1. The van der Waals surface area contributed by atoms with Crippen LogP contribution in [-0.2, 0) is 14.3 Å². The van der Waals surface area contributed by atoms with Crippen LogP contribution < -0.4 is 9.47 Å². The Morgan fingerprint density at radius 3 is 2.50 bits per heavy atom. The maximum absolute atomic E-state index is 12.5. The molecule has 24 heavy (non-hydrogen) atoms. The Kier molecular flexibility index (Phi) is 5.50. The van der Waals surface area contributed by atoms with Gasteiger partial charge in [0.2, 0.25) is 0 Å². The zero-order valence-corrected chi connectivity index (χ0v) is 14.5. The van der Waals surface area contributed by atoms with E-state index in [0.29, 0.717) is 17.1 Å². The summed E-state index contributed by atoms with van der Waals surface area (Å²) >= 11 is 0.760. The van der Waals surface area contributed by atoms with E-state index >= 15 is 0 Å². The molecule has 1 aromatic rings. The second kappa shape index (κ2) is 7.39. The van der Waals surface area contributed by atoms with Crippen molar-refractivity contribution in [2.45, 2.75) is 13.0 Å². The average Bonchev–Trinajstić information content (AvgIpc) is 2.87. The van der Waals surface area contributed by atoms with E-state index in [1.165, 1.54) is 34.3 Å². The number of rotatable bonds is 5. The number of ether oxygens (including phenoxy) is 3. The lowest BCUT2D eigenvalue weighted by Gasteiger charge is -2.18. The third-order valence-electron chi connectivity index (χ3n) is 3.48. The minimum absolute atomic E-state index is 0.197. The Balaban J connectivity index is 2.37. The van der Waals surface area contributed by atoms with E-state index < -0.39 is 23.2 Å². The van der Waals surface area contributed by atoms with Crippen LogP contribution in [0.3, 0.4) is 0 Å². The third kappa shape index (κ3) is 3.38. The van der Waals surface area contributed by atoms with Crippen molar-refractivity contribution in [3.05, 3.63) is 28.7 Å². The molecule has 0 spiro atoms. The number of imide groups is 1. The SMILES string of the molecule is COC(=O)[C@@H](C)N1C(=O)S/C(=C/c2cc(OC)ccc2OC)C1=O. The summed E-state index contributed by atoms with van der Waals surface area (Å²) in [7, 11) is 4.23. The summed E-state index contributed by atoms with van der Waals surface area (Å²) in [4.78, 5) is 37.2. The molecule has 1 aliphatic heterocycles. The number of thioether (sulfide) groups is 1. The fourth-order valence-electron chi connectivity index (χ4n) is 2.18. The van der Waals surface area contributed by atoms with E-state index in [1.54, 1.807) is 18.2 Å². The molecule has 1 atom stereocenters. The van der Waals surface area contributed by atoms with Crippen molar-refractivity contribution in [3.8, 4) is 11.5 Å². The minimum atomic E-state index is -0.986. The number of hydrogen-bond donors (Lipinski definition) is 0. The van der Waals surface area contributed by atoms with Crippen molar-refractivity contribution in [3.63, 3.8) is 0 Å². The van der Waals surface area contributed by atoms with Crippen molar-refractivity contribution in [1.29, 1.82) is 0 Å². The highest BCUT2D eigenvalue weighted by Crippen LogP contribution is 2.36. The lowest BCUT2D eigenvalue weighted by molar-refractivity contribution is -0.148. The Labute approximate surface area is 143 Å². The normalized spacial score (nSPS) is 17.2. The van der Waals surface area contributed by atoms with Crippen molar-refractivity contribution < 1.29 is 28.6 Å². The Bertz CT molecular complexity index is 715. The zero-order chi connectivity index (χ0) is 17.9. The van der Waals surface area contributed by atoms with Gasteiger partial charge < -0.3 is 14.2 Å². The van der Waals surface area contributed by atoms with Crippen LogP contribution in [0, 0.1) is 0 Å². The molecule has 1 aromatic carbocycles. The van der Waals surface area contributed by atoms with E-state index in [2.05, 4.69) is 4.74 Å². The third-order valence-corrected chi connectivity index (χ3v) is 4.36. The van der Waals surface area contributed by atoms with Gasteiger partial charge in [-0.1, -0.05) is 0 Å². The first kappa shape index (κ1) is 17.9. The van der Waals surface area contributed by atoms with Gasteiger partial charge in [-0.25, -0.2) is 4.79 Å². The molecule has 7 nitrogen and oxygen atoms in total. The fourth-order valence-corrected chi connectivity index (χ4v) is 3.08. The van der Waals surface area contributed by atoms with Crippen molar-refractivity contribution in [1.82, 2.24) is 4.90 Å². The molecule has 1 saturated heterocycles. The predicted molar refractivity (Wildman–Crippen MR) is 88.8 cm³/mol. The van der Waals surface area contributed by atoms with Crippen LogP contribution >= 0.6 is 11.8 Å². The quantitative estimate of drug-likeness (QED) is 0.594. The molecule has 8 heteroatoms. The van der Waals surface area contributed by atoms with Gasteiger partial charge in [0.25, 0.3) is 11.1 Å². The summed E-state index contributed by atoms with van der Waals surface area (Å²) < 4.78 is 15.0. The maximum Gasteiger partial charge on any atom is 0.328 e. The highest BCUT2D eigenvalue weighted by Gasteiger charge is 2.41. The van der Waals surface area contributed by atoms with Gasteiger partial charge in [0, 0.05) is 5.56 Å². The van der Waals surface area contributed by atoms with Gasteiger partial charge in [0.15, 0.2) is 0 Å². The molecule has 0 saturated carbocycles. The van der Waals surface area contributed by atoms with Gasteiger partial charge >= 0.3 is 5.97 Å². The Hall–Kier alpha value is -2.48. The van der Waals surface area contributed by atoms with Gasteiger partial charge in [-0.2, -0.15) is 0 Å². The topological polar surface area (TPSA) is 82.1 Å². The van der Waals surface area contributed by atoms with Crippen molar-refractivity contribution in [2.24, 2.45) is 0 Å². The van der Waals surface area contributed by atoms with Gasteiger partial charge in [-0.3, -0.25) is 14.5 Å². The molecule has 1 heterocycles. The molecular formula is C16H17NO6S. The zero-order valence-electron chi connectivity index (χ0n) is 13.7. The molecule has 2 rings (SSSR count). The Morgan fingerprint density at radius 2 is 1.92 bits per heavy atom. The largest absolute Gasteiger partial charge is 0.497 e. The number of nitrogens with zero attached hydrogens (tertiary/aromatic N) is 1. The summed E-state index contributed by atoms with van der Waals surface area (Å²) in [5.74, 6) is -0.0851. The van der Waals surface area contributed by atoms with Crippen molar-refractivity contribution in [2.75, 3.05) is 21.3 Å². The van der Waals surface area contributed by atoms with Gasteiger partial charge in [-0.05, 0) is 43.0 Å². The number of methoxy groups -OCH3 is 3. The highest BCUT2D eigenvalue weighted by atomic mass is 32.2. The second-order valence-corrected chi connectivity index (χ2v) is 5.85. The van der Waals surface area contributed by atoms with E-state index in [1.807, 2.05) is 0 Å². The molecular weight excluding hydrogens is 334 g/mol. The van der Waals surface area contributed by atoms with Crippen molar-refractivity contribution >= 4 is 35.0 Å². The number of hydrogen-bond acceptors (Lipinski definition) is 7. The summed E-state index contributed by atoms with van der Waals surface area (Å²) in [6.07, 6.45) is 1.54. The molecule has 0 unspecified atom stereocenters. The lowest BCUT2D eigenvalue weighted by atomic mass is 10.1. The van der Waals surface area contributed by atoms with Gasteiger partial charge in [0.05, 0.1) is 26.2 Å². The number of carbonyl (C=O) groups excluding carboxylic acids is 3. The summed E-state index contributed by atoms with van der Waals surface area (Å²) in [6, 6.07) is 4.13.